The number of nitrogens with one attached hydrogen (secondary N) is 1. The smallest absolute Gasteiger partial charge is 0.306 e. The third kappa shape index (κ3) is 3.96. The van der Waals surface area contributed by atoms with Gasteiger partial charge in [0, 0.05) is 24.0 Å². The number of carboxylic acid groups (broad SMARTS) is 1. The molecule has 2 aromatic rings. The Morgan fingerprint density at radius 1 is 1.16 bits per heavy atom. The molecule has 0 aliphatic heterocycles. The van der Waals surface area contributed by atoms with Crippen molar-refractivity contribution in [1.29, 1.82) is 0 Å². The first-order chi connectivity index (χ1) is 12.1. The molecule has 6 nitrogen and oxygen atoms in total. The molecule has 3 rings (SSSR count). The Kier molecular flexibility index (Phi) is 4.97. The molecule has 0 bridgehead atoms. The highest BCUT2D eigenvalue weighted by Gasteiger charge is 2.30. The van der Waals surface area contributed by atoms with Crippen LogP contribution in [0.5, 0.6) is 5.75 Å². The number of pyridine rings is 1. The lowest BCUT2D eigenvalue weighted by atomic mass is 10.1. The van der Waals surface area contributed by atoms with E-state index >= 15 is 0 Å². The summed E-state index contributed by atoms with van der Waals surface area (Å²) in [6.07, 6.45) is 4.99. The first kappa shape index (κ1) is 17.0. The lowest BCUT2D eigenvalue weighted by Crippen LogP contribution is -2.33. The molecule has 25 heavy (non-hydrogen) atoms. The van der Waals surface area contributed by atoms with Gasteiger partial charge in [-0.2, -0.15) is 0 Å². The van der Waals surface area contributed by atoms with E-state index in [1.807, 2.05) is 24.3 Å². The number of ether oxygens (including phenoxy) is 1. The maximum Gasteiger partial charge on any atom is 0.306 e. The summed E-state index contributed by atoms with van der Waals surface area (Å²) in [4.78, 5) is 27.6. The van der Waals surface area contributed by atoms with E-state index in [4.69, 9.17) is 9.84 Å². The number of aromatic nitrogens is 1. The molecule has 1 heterocycles. The second-order valence-electron chi connectivity index (χ2n) is 6.21. The van der Waals surface area contributed by atoms with E-state index < -0.39 is 5.97 Å². The molecule has 6 heteroatoms. The predicted octanol–water partition coefficient (Wildman–Crippen LogP) is 2.74. The Hall–Kier alpha value is -2.89. The number of aliphatic carboxylic acids is 1. The van der Waals surface area contributed by atoms with Gasteiger partial charge in [0.05, 0.1) is 18.6 Å². The number of benzene rings is 1. The van der Waals surface area contributed by atoms with Gasteiger partial charge in [0.15, 0.2) is 0 Å². The van der Waals surface area contributed by atoms with Crippen molar-refractivity contribution in [3.05, 3.63) is 48.3 Å². The minimum Gasteiger partial charge on any atom is -0.497 e. The van der Waals surface area contributed by atoms with Gasteiger partial charge in [-0.3, -0.25) is 14.6 Å². The first-order valence-corrected chi connectivity index (χ1v) is 8.20. The van der Waals surface area contributed by atoms with Crippen LogP contribution in [0.15, 0.2) is 42.7 Å². The lowest BCUT2D eigenvalue weighted by Gasteiger charge is -2.13. The lowest BCUT2D eigenvalue weighted by molar-refractivity contribution is -0.141. The average Bonchev–Trinajstić information content (AvgIpc) is 3.11. The number of nitrogens with zero attached hydrogens (tertiary/aromatic N) is 1. The fourth-order valence-corrected chi connectivity index (χ4v) is 3.11. The molecule has 2 N–H and O–H groups in total. The van der Waals surface area contributed by atoms with Crippen LogP contribution < -0.4 is 10.1 Å². The zero-order chi connectivity index (χ0) is 17.8. The van der Waals surface area contributed by atoms with Crippen LogP contribution in [0, 0.1) is 5.92 Å². The summed E-state index contributed by atoms with van der Waals surface area (Å²) >= 11 is 0. The van der Waals surface area contributed by atoms with E-state index in [2.05, 4.69) is 10.3 Å². The van der Waals surface area contributed by atoms with Gasteiger partial charge in [0.25, 0.3) is 5.91 Å². The van der Waals surface area contributed by atoms with Gasteiger partial charge in [0.2, 0.25) is 0 Å². The van der Waals surface area contributed by atoms with Crippen LogP contribution in [-0.4, -0.2) is 35.1 Å². The number of hydrogen-bond donors (Lipinski definition) is 2. The zero-order valence-electron chi connectivity index (χ0n) is 13.9. The number of methoxy groups -OCH3 is 1. The summed E-state index contributed by atoms with van der Waals surface area (Å²) in [5.41, 5.74) is 2.24. The van der Waals surface area contributed by atoms with E-state index in [-0.39, 0.29) is 17.9 Å². The fraction of sp³-hybridized carbons (Fsp3) is 0.316. The Labute approximate surface area is 145 Å². The molecule has 1 aromatic heterocycles. The minimum absolute atomic E-state index is 0.0988. The summed E-state index contributed by atoms with van der Waals surface area (Å²) < 4.78 is 5.15. The third-order valence-electron chi connectivity index (χ3n) is 4.54. The van der Waals surface area contributed by atoms with E-state index in [0.717, 1.165) is 16.9 Å². The van der Waals surface area contributed by atoms with Crippen molar-refractivity contribution in [1.82, 2.24) is 10.3 Å². The van der Waals surface area contributed by atoms with Crippen LogP contribution in [0.25, 0.3) is 11.1 Å². The molecule has 0 saturated heterocycles. The maximum absolute atomic E-state index is 12.4. The van der Waals surface area contributed by atoms with Crippen LogP contribution in [0.3, 0.4) is 0 Å². The van der Waals surface area contributed by atoms with E-state index in [9.17, 15) is 9.59 Å². The quantitative estimate of drug-likeness (QED) is 0.874. The Morgan fingerprint density at radius 3 is 2.56 bits per heavy atom. The second-order valence-corrected chi connectivity index (χ2v) is 6.21. The molecule has 1 fully saturated rings. The van der Waals surface area contributed by atoms with Gasteiger partial charge in [-0.25, -0.2) is 0 Å². The third-order valence-corrected chi connectivity index (χ3v) is 4.54. The molecule has 0 radical (unpaired) electrons. The molecule has 0 spiro atoms. The molecule has 1 aliphatic rings. The normalized spacial score (nSPS) is 19.4. The Balaban J connectivity index is 1.70. The van der Waals surface area contributed by atoms with Crippen molar-refractivity contribution in [2.75, 3.05) is 7.11 Å². The van der Waals surface area contributed by atoms with E-state index in [1.54, 1.807) is 19.4 Å². The summed E-state index contributed by atoms with van der Waals surface area (Å²) in [5.74, 6) is -0.618. The highest BCUT2D eigenvalue weighted by Crippen LogP contribution is 2.26. The summed E-state index contributed by atoms with van der Waals surface area (Å²) in [7, 11) is 1.61. The van der Waals surface area contributed by atoms with Crippen molar-refractivity contribution in [2.45, 2.75) is 25.3 Å². The molecule has 2 atom stereocenters. The average molecular weight is 340 g/mol. The predicted molar refractivity (Wildman–Crippen MR) is 92.5 cm³/mol. The highest BCUT2D eigenvalue weighted by molar-refractivity contribution is 5.95. The number of amides is 1. The number of carbonyl (C=O) groups is 2. The number of carbonyl (C=O) groups excluding carboxylic acids is 1. The van der Waals surface area contributed by atoms with Crippen molar-refractivity contribution in [2.24, 2.45) is 5.92 Å². The Bertz CT molecular complexity index is 773. The SMILES string of the molecule is COc1ccc(-c2cncc(C(=O)N[C@@H]3CC[C@H](C(=O)O)C3)c2)cc1. The van der Waals surface area contributed by atoms with Crippen LogP contribution in [-0.2, 0) is 4.79 Å². The summed E-state index contributed by atoms with van der Waals surface area (Å²) in [6.45, 7) is 0. The fourth-order valence-electron chi connectivity index (χ4n) is 3.11. The van der Waals surface area contributed by atoms with Gasteiger partial charge in [-0.05, 0) is 43.0 Å². The molecule has 0 unspecified atom stereocenters. The second kappa shape index (κ2) is 7.34. The number of carboxylic acids is 1. The van der Waals surface area contributed by atoms with Gasteiger partial charge in [-0.15, -0.1) is 0 Å². The van der Waals surface area contributed by atoms with E-state index in [1.165, 1.54) is 6.20 Å². The largest absolute Gasteiger partial charge is 0.497 e. The highest BCUT2D eigenvalue weighted by atomic mass is 16.5. The monoisotopic (exact) mass is 340 g/mol. The summed E-state index contributed by atoms with van der Waals surface area (Å²) in [6, 6.07) is 9.21. The molecular formula is C19H20N2O4. The van der Waals surface area contributed by atoms with Crippen LogP contribution in [0.2, 0.25) is 0 Å². The van der Waals surface area contributed by atoms with Crippen molar-refractivity contribution in [3.63, 3.8) is 0 Å². The van der Waals surface area contributed by atoms with Crippen molar-refractivity contribution in [3.8, 4) is 16.9 Å². The molecule has 1 amide bonds. The molecule has 1 aromatic carbocycles. The molecular weight excluding hydrogens is 320 g/mol. The molecule has 130 valence electrons. The minimum atomic E-state index is -0.792. The Morgan fingerprint density at radius 2 is 1.92 bits per heavy atom. The first-order valence-electron chi connectivity index (χ1n) is 8.20. The topological polar surface area (TPSA) is 88.5 Å². The number of hydrogen-bond acceptors (Lipinski definition) is 4. The maximum atomic E-state index is 12.4. The number of rotatable bonds is 5. The van der Waals surface area contributed by atoms with Crippen LogP contribution >= 0.6 is 0 Å². The standard InChI is InChI=1S/C19H20N2O4/c1-25-17-6-3-12(4-7-17)14-8-15(11-20-10-14)18(22)21-16-5-2-13(9-16)19(23)24/h3-4,6-8,10-11,13,16H,2,5,9H2,1H3,(H,21,22)(H,23,24)/t13-,16+/m0/s1. The van der Waals surface area contributed by atoms with Gasteiger partial charge in [-0.1, -0.05) is 12.1 Å². The molecule has 1 aliphatic carbocycles. The van der Waals surface area contributed by atoms with Crippen LogP contribution in [0.4, 0.5) is 0 Å². The zero-order valence-corrected chi connectivity index (χ0v) is 13.9. The van der Waals surface area contributed by atoms with Gasteiger partial charge < -0.3 is 15.2 Å². The van der Waals surface area contributed by atoms with Gasteiger partial charge in [0.1, 0.15) is 5.75 Å². The van der Waals surface area contributed by atoms with Gasteiger partial charge >= 0.3 is 5.97 Å². The summed E-state index contributed by atoms with van der Waals surface area (Å²) in [5, 5.41) is 12.0. The molecule has 1 saturated carbocycles. The van der Waals surface area contributed by atoms with E-state index in [0.29, 0.717) is 24.8 Å². The van der Waals surface area contributed by atoms with Crippen molar-refractivity contribution >= 4 is 11.9 Å². The van der Waals surface area contributed by atoms with Crippen molar-refractivity contribution < 1.29 is 19.4 Å². The van der Waals surface area contributed by atoms with Crippen LogP contribution in [0.1, 0.15) is 29.6 Å².